The number of rotatable bonds is 6. The molecule has 5 rings (SSSR count). The average molecular weight is 546 g/mol. The number of amides is 1. The quantitative estimate of drug-likeness (QED) is 0.177. The Labute approximate surface area is 228 Å². The third-order valence-electron chi connectivity index (χ3n) is 6.12. The van der Waals surface area contributed by atoms with E-state index in [1.54, 1.807) is 23.6 Å². The first-order valence-electron chi connectivity index (χ1n) is 11.7. The zero-order valence-electron chi connectivity index (χ0n) is 20.5. The monoisotopic (exact) mass is 545 g/mol. The Bertz CT molecular complexity index is 1660. The van der Waals surface area contributed by atoms with E-state index in [1.165, 1.54) is 23.1 Å². The van der Waals surface area contributed by atoms with Crippen molar-refractivity contribution < 1.29 is 4.79 Å². The second kappa shape index (κ2) is 10.5. The molecule has 0 fully saturated rings. The molecule has 8 heteroatoms. The number of hydrogen-bond acceptors (Lipinski definition) is 5. The highest BCUT2D eigenvalue weighted by molar-refractivity contribution is 8.00. The maximum atomic E-state index is 14.1. The third-order valence-corrected chi connectivity index (χ3v) is 8.59. The fraction of sp³-hybridized carbons (Fsp3) is 0.138. The molecule has 0 saturated heterocycles. The molecule has 1 amide bonds. The molecule has 5 aromatic rings. The van der Waals surface area contributed by atoms with Crippen LogP contribution in [0, 0.1) is 13.8 Å². The minimum atomic E-state index is -0.521. The molecule has 37 heavy (non-hydrogen) atoms. The average Bonchev–Trinajstić information content (AvgIpc) is 3.23. The van der Waals surface area contributed by atoms with Crippen LogP contribution in [0.4, 0.5) is 5.69 Å². The summed E-state index contributed by atoms with van der Waals surface area (Å²) in [6, 6.07) is 24.7. The first kappa shape index (κ1) is 25.3. The van der Waals surface area contributed by atoms with Gasteiger partial charge < -0.3 is 5.32 Å². The molecule has 0 aliphatic rings. The lowest BCUT2D eigenvalue weighted by molar-refractivity contribution is -0.115. The summed E-state index contributed by atoms with van der Waals surface area (Å²) >= 11 is 8.97. The zero-order valence-corrected chi connectivity index (χ0v) is 22.9. The normalized spacial score (nSPS) is 12.0. The van der Waals surface area contributed by atoms with Crippen LogP contribution in [-0.4, -0.2) is 20.7 Å². The highest BCUT2D eigenvalue weighted by atomic mass is 35.5. The van der Waals surface area contributed by atoms with E-state index in [0.29, 0.717) is 31.8 Å². The summed E-state index contributed by atoms with van der Waals surface area (Å²) in [5, 5.41) is 4.09. The number of hydrogen-bond donors (Lipinski definition) is 1. The van der Waals surface area contributed by atoms with Gasteiger partial charge in [0.05, 0.1) is 16.3 Å². The maximum absolute atomic E-state index is 14.1. The van der Waals surface area contributed by atoms with Gasteiger partial charge in [-0.1, -0.05) is 78.0 Å². The second-order valence-corrected chi connectivity index (χ2v) is 11.5. The van der Waals surface area contributed by atoms with Crippen molar-refractivity contribution in [1.82, 2.24) is 9.55 Å². The molecule has 0 spiro atoms. The topological polar surface area (TPSA) is 64.0 Å². The molecule has 1 unspecified atom stereocenters. The van der Waals surface area contributed by atoms with E-state index in [9.17, 15) is 9.59 Å². The van der Waals surface area contributed by atoms with Crippen molar-refractivity contribution in [2.45, 2.75) is 31.2 Å². The van der Waals surface area contributed by atoms with Gasteiger partial charge in [0.2, 0.25) is 5.91 Å². The number of aryl methyl sites for hydroxylation is 1. The number of nitrogens with one attached hydrogen (secondary N) is 1. The predicted octanol–water partition coefficient (Wildman–Crippen LogP) is 7.50. The molecular formula is C29H24ClN3O2S2. The number of nitrogens with zero attached hydrogens (tertiary/aromatic N) is 2. The fourth-order valence-electron chi connectivity index (χ4n) is 4.17. The Morgan fingerprint density at radius 3 is 2.38 bits per heavy atom. The largest absolute Gasteiger partial charge is 0.325 e. The molecule has 2 aromatic heterocycles. The van der Waals surface area contributed by atoms with E-state index in [0.717, 1.165) is 21.6 Å². The Morgan fingerprint density at radius 1 is 1.00 bits per heavy atom. The molecule has 1 atom stereocenters. The number of halogens is 1. The van der Waals surface area contributed by atoms with Gasteiger partial charge in [-0.05, 0) is 56.2 Å². The van der Waals surface area contributed by atoms with E-state index in [1.807, 2.05) is 80.6 Å². The molecule has 0 saturated carbocycles. The van der Waals surface area contributed by atoms with E-state index in [4.69, 9.17) is 16.6 Å². The van der Waals surface area contributed by atoms with E-state index < -0.39 is 5.25 Å². The van der Waals surface area contributed by atoms with Crippen LogP contribution in [0.5, 0.6) is 0 Å². The standard InChI is InChI=1S/C29H24ClN3O2S2/c1-17-22(30)15-10-16-23(17)31-26(34)19(3)37-29-32-27-25(28(35)33(29)21-13-8-5-9-14-21)24(18(2)36-27)20-11-6-4-7-12-20/h4-16,19H,1-3H3,(H,31,34). The highest BCUT2D eigenvalue weighted by Gasteiger charge is 2.24. The first-order valence-corrected chi connectivity index (χ1v) is 13.8. The molecule has 0 bridgehead atoms. The lowest BCUT2D eigenvalue weighted by Gasteiger charge is -2.17. The summed E-state index contributed by atoms with van der Waals surface area (Å²) in [4.78, 5) is 33.8. The summed E-state index contributed by atoms with van der Waals surface area (Å²) in [6.45, 7) is 5.68. The number of carbonyl (C=O) groups is 1. The van der Waals surface area contributed by atoms with Gasteiger partial charge >= 0.3 is 0 Å². The van der Waals surface area contributed by atoms with Crippen LogP contribution in [0.3, 0.4) is 0 Å². The Kier molecular flexibility index (Phi) is 7.20. The molecule has 186 valence electrons. The van der Waals surface area contributed by atoms with E-state index in [2.05, 4.69) is 5.32 Å². The Balaban J connectivity index is 1.60. The van der Waals surface area contributed by atoms with Crippen molar-refractivity contribution in [1.29, 1.82) is 0 Å². The highest BCUT2D eigenvalue weighted by Crippen LogP contribution is 2.37. The van der Waals surface area contributed by atoms with Crippen molar-refractivity contribution in [3.8, 4) is 16.8 Å². The van der Waals surface area contributed by atoms with Crippen molar-refractivity contribution in [3.05, 3.63) is 105 Å². The minimum Gasteiger partial charge on any atom is -0.325 e. The Morgan fingerprint density at radius 2 is 1.68 bits per heavy atom. The molecule has 1 N–H and O–H groups in total. The second-order valence-electron chi connectivity index (χ2n) is 8.61. The summed E-state index contributed by atoms with van der Waals surface area (Å²) in [5.41, 5.74) is 3.90. The summed E-state index contributed by atoms with van der Waals surface area (Å²) < 4.78 is 1.61. The van der Waals surface area contributed by atoms with Crippen LogP contribution in [0.15, 0.2) is 88.8 Å². The smallest absolute Gasteiger partial charge is 0.268 e. The molecular weight excluding hydrogens is 522 g/mol. The van der Waals surface area contributed by atoms with Crippen LogP contribution in [0.25, 0.3) is 27.0 Å². The molecule has 0 aliphatic carbocycles. The van der Waals surface area contributed by atoms with Crippen LogP contribution in [0.2, 0.25) is 5.02 Å². The van der Waals surface area contributed by atoms with Crippen molar-refractivity contribution in [2.24, 2.45) is 0 Å². The van der Waals surface area contributed by atoms with Gasteiger partial charge in [-0.2, -0.15) is 0 Å². The number of carbonyl (C=O) groups excluding carboxylic acids is 1. The van der Waals surface area contributed by atoms with Crippen LogP contribution < -0.4 is 10.9 Å². The number of para-hydroxylation sites is 1. The maximum Gasteiger partial charge on any atom is 0.268 e. The Hall–Kier alpha value is -3.39. The minimum absolute atomic E-state index is 0.153. The van der Waals surface area contributed by atoms with Crippen LogP contribution in [0.1, 0.15) is 17.4 Å². The molecule has 5 nitrogen and oxygen atoms in total. The third kappa shape index (κ3) is 4.94. The van der Waals surface area contributed by atoms with Crippen molar-refractivity contribution >= 4 is 56.5 Å². The van der Waals surface area contributed by atoms with Gasteiger partial charge in [-0.3, -0.25) is 14.2 Å². The SMILES string of the molecule is Cc1sc2nc(SC(C)C(=O)Nc3cccc(Cl)c3C)n(-c3ccccc3)c(=O)c2c1-c1ccccc1. The number of aromatic nitrogens is 2. The molecule has 3 aromatic carbocycles. The number of fused-ring (bicyclic) bond motifs is 1. The van der Waals surface area contributed by atoms with Gasteiger partial charge in [0, 0.05) is 21.2 Å². The van der Waals surface area contributed by atoms with Gasteiger partial charge in [-0.25, -0.2) is 4.98 Å². The molecule has 0 aliphatic heterocycles. The van der Waals surface area contributed by atoms with E-state index in [-0.39, 0.29) is 11.5 Å². The summed E-state index contributed by atoms with van der Waals surface area (Å²) in [6.07, 6.45) is 0. The van der Waals surface area contributed by atoms with Crippen molar-refractivity contribution in [2.75, 3.05) is 5.32 Å². The van der Waals surface area contributed by atoms with Gasteiger partial charge in [0.25, 0.3) is 5.56 Å². The zero-order chi connectivity index (χ0) is 26.1. The predicted molar refractivity (Wildman–Crippen MR) is 156 cm³/mol. The van der Waals surface area contributed by atoms with E-state index >= 15 is 0 Å². The summed E-state index contributed by atoms with van der Waals surface area (Å²) in [5.74, 6) is -0.198. The number of benzene rings is 3. The number of thiophene rings is 1. The lowest BCUT2D eigenvalue weighted by atomic mass is 10.0. The van der Waals surface area contributed by atoms with Gasteiger partial charge in [0.1, 0.15) is 4.83 Å². The van der Waals surface area contributed by atoms with Crippen molar-refractivity contribution in [3.63, 3.8) is 0 Å². The molecule has 2 heterocycles. The van der Waals surface area contributed by atoms with Gasteiger partial charge in [0.15, 0.2) is 5.16 Å². The fourth-order valence-corrected chi connectivity index (χ4v) is 6.36. The first-order chi connectivity index (χ1) is 17.8. The lowest BCUT2D eigenvalue weighted by Crippen LogP contribution is -2.26. The molecule has 0 radical (unpaired) electrons. The number of thioether (sulfide) groups is 1. The van der Waals surface area contributed by atoms with Crippen LogP contribution >= 0.6 is 34.7 Å². The summed E-state index contributed by atoms with van der Waals surface area (Å²) in [7, 11) is 0. The van der Waals surface area contributed by atoms with Crippen LogP contribution in [-0.2, 0) is 4.79 Å². The van der Waals surface area contributed by atoms with Gasteiger partial charge in [-0.15, -0.1) is 11.3 Å². The number of anilines is 1.